The summed E-state index contributed by atoms with van der Waals surface area (Å²) < 4.78 is 1.86. The van der Waals surface area contributed by atoms with Crippen molar-refractivity contribution < 1.29 is 5.11 Å². The summed E-state index contributed by atoms with van der Waals surface area (Å²) >= 11 is 5.92. The van der Waals surface area contributed by atoms with E-state index in [2.05, 4.69) is 5.32 Å². The largest absolute Gasteiger partial charge is 0.392 e. The topological polar surface area (TPSA) is 37.2 Å². The van der Waals surface area contributed by atoms with E-state index < -0.39 is 0 Å². The van der Waals surface area contributed by atoms with Crippen LogP contribution in [-0.2, 0) is 20.2 Å². The van der Waals surface area contributed by atoms with E-state index in [9.17, 15) is 0 Å². The average molecular weight is 189 g/mol. The van der Waals surface area contributed by atoms with E-state index in [1.165, 1.54) is 0 Å². The van der Waals surface area contributed by atoms with Crippen LogP contribution < -0.4 is 5.32 Å². The van der Waals surface area contributed by atoms with E-state index in [1.807, 2.05) is 24.7 Å². The van der Waals surface area contributed by atoms with Gasteiger partial charge in [0.2, 0.25) is 0 Å². The van der Waals surface area contributed by atoms with Crippen LogP contribution >= 0.6 is 11.6 Å². The molecular weight excluding hydrogens is 176 g/mol. The molecule has 1 aromatic rings. The Bertz CT molecular complexity index is 270. The number of halogens is 1. The maximum absolute atomic E-state index is 8.91. The van der Waals surface area contributed by atoms with Gasteiger partial charge in [-0.05, 0) is 13.1 Å². The summed E-state index contributed by atoms with van der Waals surface area (Å²) in [5.41, 5.74) is 1.86. The van der Waals surface area contributed by atoms with Crippen LogP contribution in [0.25, 0.3) is 0 Å². The molecule has 2 N–H and O–H groups in total. The van der Waals surface area contributed by atoms with Crippen LogP contribution in [0.4, 0.5) is 0 Å². The van der Waals surface area contributed by atoms with Gasteiger partial charge in [-0.15, -0.1) is 0 Å². The SMILES string of the molecule is CNCc1cc(CO)c(Cl)n1C. The first kappa shape index (κ1) is 9.58. The van der Waals surface area contributed by atoms with Gasteiger partial charge in [0, 0.05) is 24.8 Å². The molecule has 12 heavy (non-hydrogen) atoms. The molecule has 0 fully saturated rings. The molecule has 0 saturated carbocycles. The van der Waals surface area contributed by atoms with Gasteiger partial charge >= 0.3 is 0 Å². The summed E-state index contributed by atoms with van der Waals surface area (Å²) in [5.74, 6) is 0. The third-order valence-corrected chi connectivity index (χ3v) is 2.36. The zero-order valence-corrected chi connectivity index (χ0v) is 8.02. The third kappa shape index (κ3) is 1.63. The van der Waals surface area contributed by atoms with Crippen molar-refractivity contribution >= 4 is 11.6 Å². The first-order valence-electron chi connectivity index (χ1n) is 3.79. The molecule has 68 valence electrons. The fourth-order valence-corrected chi connectivity index (χ4v) is 1.38. The minimum Gasteiger partial charge on any atom is -0.392 e. The van der Waals surface area contributed by atoms with Crippen molar-refractivity contribution in [1.82, 2.24) is 9.88 Å². The Balaban J connectivity index is 2.98. The van der Waals surface area contributed by atoms with Crippen LogP contribution in [0.5, 0.6) is 0 Å². The zero-order chi connectivity index (χ0) is 9.14. The maximum Gasteiger partial charge on any atom is 0.114 e. The lowest BCUT2D eigenvalue weighted by atomic mass is 10.3. The average Bonchev–Trinajstić information content (AvgIpc) is 2.33. The second-order valence-electron chi connectivity index (χ2n) is 2.70. The quantitative estimate of drug-likeness (QED) is 0.740. The van der Waals surface area contributed by atoms with Crippen LogP contribution in [0.1, 0.15) is 11.3 Å². The van der Waals surface area contributed by atoms with E-state index in [-0.39, 0.29) is 6.61 Å². The molecule has 0 aromatic carbocycles. The second kappa shape index (κ2) is 3.94. The highest BCUT2D eigenvalue weighted by Crippen LogP contribution is 2.19. The number of aromatic nitrogens is 1. The van der Waals surface area contributed by atoms with Crippen LogP contribution in [0, 0.1) is 0 Å². The van der Waals surface area contributed by atoms with Gasteiger partial charge in [-0.2, -0.15) is 0 Å². The molecule has 0 bridgehead atoms. The lowest BCUT2D eigenvalue weighted by molar-refractivity contribution is 0.282. The predicted octanol–water partition coefficient (Wildman–Crippen LogP) is 0.890. The number of aliphatic hydroxyl groups excluding tert-OH is 1. The molecule has 1 aromatic heterocycles. The normalized spacial score (nSPS) is 10.7. The minimum atomic E-state index is -0.00358. The van der Waals surface area contributed by atoms with E-state index >= 15 is 0 Å². The van der Waals surface area contributed by atoms with Gasteiger partial charge in [-0.3, -0.25) is 0 Å². The number of nitrogens with zero attached hydrogens (tertiary/aromatic N) is 1. The molecule has 1 heterocycles. The lowest BCUT2D eigenvalue weighted by Gasteiger charge is -2.01. The van der Waals surface area contributed by atoms with Gasteiger partial charge in [0.05, 0.1) is 6.61 Å². The number of nitrogens with one attached hydrogen (secondary N) is 1. The van der Waals surface area contributed by atoms with Crippen LogP contribution in [0.15, 0.2) is 6.07 Å². The summed E-state index contributed by atoms with van der Waals surface area (Å²) in [4.78, 5) is 0. The standard InChI is InChI=1S/C8H13ClN2O/c1-10-4-7-3-6(5-12)8(9)11(7)2/h3,10,12H,4-5H2,1-2H3. The highest BCUT2D eigenvalue weighted by atomic mass is 35.5. The summed E-state index contributed by atoms with van der Waals surface area (Å²) in [7, 11) is 3.76. The number of rotatable bonds is 3. The fraction of sp³-hybridized carbons (Fsp3) is 0.500. The van der Waals surface area contributed by atoms with Crippen molar-refractivity contribution in [2.24, 2.45) is 7.05 Å². The Morgan fingerprint density at radius 3 is 2.75 bits per heavy atom. The van der Waals surface area contributed by atoms with E-state index in [0.717, 1.165) is 17.8 Å². The molecule has 0 saturated heterocycles. The van der Waals surface area contributed by atoms with E-state index in [0.29, 0.717) is 5.15 Å². The first-order chi connectivity index (χ1) is 5.70. The Hall–Kier alpha value is -0.510. The smallest absolute Gasteiger partial charge is 0.114 e. The molecule has 0 atom stereocenters. The lowest BCUT2D eigenvalue weighted by Crippen LogP contribution is -2.08. The van der Waals surface area contributed by atoms with Crippen LogP contribution in [-0.4, -0.2) is 16.7 Å². The molecule has 1 rings (SSSR count). The highest BCUT2D eigenvalue weighted by Gasteiger charge is 2.08. The van der Waals surface area contributed by atoms with Gasteiger partial charge < -0.3 is 15.0 Å². The van der Waals surface area contributed by atoms with Crippen molar-refractivity contribution in [2.75, 3.05) is 7.05 Å². The minimum absolute atomic E-state index is 0.00358. The predicted molar refractivity (Wildman–Crippen MR) is 49.1 cm³/mol. The third-order valence-electron chi connectivity index (χ3n) is 1.86. The van der Waals surface area contributed by atoms with E-state index in [1.54, 1.807) is 0 Å². The molecule has 0 aliphatic heterocycles. The zero-order valence-electron chi connectivity index (χ0n) is 7.26. The molecule has 0 aliphatic carbocycles. The van der Waals surface area contributed by atoms with Crippen molar-refractivity contribution in [1.29, 1.82) is 0 Å². The summed E-state index contributed by atoms with van der Waals surface area (Å²) in [6.45, 7) is 0.757. The van der Waals surface area contributed by atoms with Crippen molar-refractivity contribution in [2.45, 2.75) is 13.2 Å². The molecular formula is C8H13ClN2O. The summed E-state index contributed by atoms with van der Waals surface area (Å²) in [5, 5.41) is 12.5. The van der Waals surface area contributed by atoms with Gasteiger partial charge in [0.15, 0.2) is 0 Å². The van der Waals surface area contributed by atoms with Gasteiger partial charge in [0.25, 0.3) is 0 Å². The molecule has 0 unspecified atom stereocenters. The molecule has 0 spiro atoms. The van der Waals surface area contributed by atoms with E-state index in [4.69, 9.17) is 16.7 Å². The number of aliphatic hydroxyl groups is 1. The Labute approximate surface area is 77.0 Å². The Morgan fingerprint density at radius 1 is 1.67 bits per heavy atom. The van der Waals surface area contributed by atoms with Gasteiger partial charge in [0.1, 0.15) is 5.15 Å². The molecule has 3 nitrogen and oxygen atoms in total. The van der Waals surface area contributed by atoms with Gasteiger partial charge in [-0.1, -0.05) is 11.6 Å². The molecule has 0 aliphatic rings. The van der Waals surface area contributed by atoms with Crippen molar-refractivity contribution in [3.05, 3.63) is 22.5 Å². The van der Waals surface area contributed by atoms with Crippen molar-refractivity contribution in [3.8, 4) is 0 Å². The fourth-order valence-electron chi connectivity index (χ4n) is 1.16. The van der Waals surface area contributed by atoms with Crippen molar-refractivity contribution in [3.63, 3.8) is 0 Å². The van der Waals surface area contributed by atoms with Gasteiger partial charge in [-0.25, -0.2) is 0 Å². The monoisotopic (exact) mass is 188 g/mol. The first-order valence-corrected chi connectivity index (χ1v) is 4.17. The number of hydrogen-bond acceptors (Lipinski definition) is 2. The van der Waals surface area contributed by atoms with Crippen LogP contribution in [0.3, 0.4) is 0 Å². The summed E-state index contributed by atoms with van der Waals surface area (Å²) in [6, 6.07) is 1.90. The summed E-state index contributed by atoms with van der Waals surface area (Å²) in [6.07, 6.45) is 0. The second-order valence-corrected chi connectivity index (χ2v) is 3.06. The number of hydrogen-bond donors (Lipinski definition) is 2. The molecule has 4 heteroatoms. The Kier molecular flexibility index (Phi) is 3.14. The Morgan fingerprint density at radius 2 is 2.33 bits per heavy atom. The van der Waals surface area contributed by atoms with Crippen LogP contribution in [0.2, 0.25) is 5.15 Å². The highest BCUT2D eigenvalue weighted by molar-refractivity contribution is 6.30. The molecule has 0 amide bonds. The molecule has 0 radical (unpaired) electrons. The maximum atomic E-state index is 8.91.